The average molecular weight is 410 g/mol. The van der Waals surface area contributed by atoms with E-state index in [4.69, 9.17) is 9.47 Å². The van der Waals surface area contributed by atoms with Crippen LogP contribution < -0.4 is 5.32 Å². The van der Waals surface area contributed by atoms with Crippen LogP contribution in [-0.2, 0) is 15.0 Å². The Bertz CT molecular complexity index is 883. The number of allylic oxidation sites excluding steroid dienone is 4. The van der Waals surface area contributed by atoms with E-state index in [1.807, 2.05) is 6.92 Å². The lowest BCUT2D eigenvalue weighted by atomic mass is 9.82. The van der Waals surface area contributed by atoms with Gasteiger partial charge in [-0.15, -0.1) is 0 Å². The lowest BCUT2D eigenvalue weighted by Gasteiger charge is -2.47. The van der Waals surface area contributed by atoms with E-state index in [2.05, 4.69) is 53.5 Å². The van der Waals surface area contributed by atoms with Crippen LogP contribution >= 0.6 is 0 Å². The van der Waals surface area contributed by atoms with Gasteiger partial charge in [0.2, 0.25) is 0 Å². The van der Waals surface area contributed by atoms with E-state index in [0.717, 1.165) is 29.8 Å². The van der Waals surface area contributed by atoms with Crippen molar-refractivity contribution < 1.29 is 14.3 Å². The SMILES string of the molecule is C=C/C=C(\C=C)COC(=O)N1CCC2(CC1)NC(=C/COC)/C(=C\C)n1cccc12. The number of hydrogen-bond donors (Lipinski definition) is 1. The van der Waals surface area contributed by atoms with Crippen molar-refractivity contribution in [3.63, 3.8) is 0 Å². The number of carbonyl (C=O) groups is 1. The molecule has 30 heavy (non-hydrogen) atoms. The largest absolute Gasteiger partial charge is 0.445 e. The first kappa shape index (κ1) is 21.7. The third kappa shape index (κ3) is 4.28. The Kier molecular flexibility index (Phi) is 7.00. The van der Waals surface area contributed by atoms with E-state index in [1.54, 1.807) is 30.2 Å². The van der Waals surface area contributed by atoms with Crippen molar-refractivity contribution in [2.45, 2.75) is 25.3 Å². The molecule has 1 fully saturated rings. The van der Waals surface area contributed by atoms with Crippen LogP contribution in [0.5, 0.6) is 0 Å². The van der Waals surface area contributed by atoms with Gasteiger partial charge in [-0.3, -0.25) is 0 Å². The van der Waals surface area contributed by atoms with Gasteiger partial charge in [-0.25, -0.2) is 4.79 Å². The Morgan fingerprint density at radius 3 is 2.73 bits per heavy atom. The summed E-state index contributed by atoms with van der Waals surface area (Å²) in [7, 11) is 1.69. The molecular formula is C24H31N3O3. The van der Waals surface area contributed by atoms with Crippen LogP contribution in [0.2, 0.25) is 0 Å². The van der Waals surface area contributed by atoms with Gasteiger partial charge in [-0.2, -0.15) is 0 Å². The number of aromatic nitrogens is 1. The van der Waals surface area contributed by atoms with Crippen molar-refractivity contribution in [2.24, 2.45) is 0 Å². The van der Waals surface area contributed by atoms with E-state index < -0.39 is 0 Å². The van der Waals surface area contributed by atoms with Crippen LogP contribution in [-0.4, -0.2) is 49.0 Å². The van der Waals surface area contributed by atoms with Gasteiger partial charge in [-0.05, 0) is 43.5 Å². The van der Waals surface area contributed by atoms with Crippen LogP contribution in [0, 0.1) is 0 Å². The van der Waals surface area contributed by atoms with Crippen molar-refractivity contribution in [3.05, 3.63) is 78.8 Å². The number of nitrogens with one attached hydrogen (secondary N) is 1. The number of hydrogen-bond acceptors (Lipinski definition) is 4. The molecule has 0 saturated carbocycles. The second kappa shape index (κ2) is 9.67. The molecule has 3 rings (SSSR count). The predicted molar refractivity (Wildman–Crippen MR) is 120 cm³/mol. The van der Waals surface area contributed by atoms with Crippen LogP contribution in [0.4, 0.5) is 4.79 Å². The molecule has 0 aromatic carbocycles. The Morgan fingerprint density at radius 2 is 2.10 bits per heavy atom. The van der Waals surface area contributed by atoms with Crippen molar-refractivity contribution in [2.75, 3.05) is 33.4 Å². The Hall–Kier alpha value is -2.99. The van der Waals surface area contributed by atoms with Gasteiger partial charge in [0.25, 0.3) is 0 Å². The summed E-state index contributed by atoms with van der Waals surface area (Å²) >= 11 is 0. The smallest absolute Gasteiger partial charge is 0.410 e. The molecule has 0 unspecified atom stereocenters. The summed E-state index contributed by atoms with van der Waals surface area (Å²) < 4.78 is 13.0. The highest BCUT2D eigenvalue weighted by molar-refractivity contribution is 5.69. The Labute approximate surface area is 178 Å². The molecule has 1 aromatic rings. The number of piperidine rings is 1. The maximum atomic E-state index is 12.5. The quantitative estimate of drug-likeness (QED) is 0.715. The number of rotatable bonds is 6. The van der Waals surface area contributed by atoms with Crippen LogP contribution in [0.25, 0.3) is 5.70 Å². The first-order valence-electron chi connectivity index (χ1n) is 10.3. The number of carbonyl (C=O) groups excluding carboxylic acids is 1. The maximum absolute atomic E-state index is 12.5. The van der Waals surface area contributed by atoms with Crippen molar-refractivity contribution in [1.82, 2.24) is 14.8 Å². The lowest BCUT2D eigenvalue weighted by Crippen LogP contribution is -2.55. The molecule has 1 saturated heterocycles. The zero-order chi connectivity index (χ0) is 21.6. The van der Waals surface area contributed by atoms with Crippen LogP contribution in [0.15, 0.2) is 73.1 Å². The molecular weight excluding hydrogens is 378 g/mol. The lowest BCUT2D eigenvalue weighted by molar-refractivity contribution is 0.0827. The number of nitrogens with zero attached hydrogens (tertiary/aromatic N) is 2. The van der Waals surface area contributed by atoms with E-state index in [1.165, 1.54) is 5.69 Å². The predicted octanol–water partition coefficient (Wildman–Crippen LogP) is 4.21. The van der Waals surface area contributed by atoms with Crippen LogP contribution in [0.3, 0.4) is 0 Å². The van der Waals surface area contributed by atoms with Crippen molar-refractivity contribution >= 4 is 11.8 Å². The minimum Gasteiger partial charge on any atom is -0.445 e. The van der Waals surface area contributed by atoms with Crippen molar-refractivity contribution in [3.8, 4) is 0 Å². The molecule has 0 aliphatic carbocycles. The average Bonchev–Trinajstić information content (AvgIpc) is 3.26. The van der Waals surface area contributed by atoms with Crippen molar-refractivity contribution in [1.29, 1.82) is 0 Å². The molecule has 0 radical (unpaired) electrons. The van der Waals surface area contributed by atoms with E-state index in [9.17, 15) is 4.79 Å². The number of likely N-dealkylation sites (tertiary alicyclic amines) is 1. The van der Waals surface area contributed by atoms with Gasteiger partial charge in [0.1, 0.15) is 6.61 Å². The fraction of sp³-hybridized carbons (Fsp3) is 0.375. The van der Waals surface area contributed by atoms with Gasteiger partial charge < -0.3 is 24.3 Å². The fourth-order valence-corrected chi connectivity index (χ4v) is 4.13. The summed E-state index contributed by atoms with van der Waals surface area (Å²) in [5, 5.41) is 3.76. The zero-order valence-electron chi connectivity index (χ0n) is 17.9. The Morgan fingerprint density at radius 1 is 1.33 bits per heavy atom. The molecule has 6 heteroatoms. The minimum atomic E-state index is -0.294. The highest BCUT2D eigenvalue weighted by atomic mass is 16.6. The van der Waals surface area contributed by atoms with Gasteiger partial charge in [0, 0.05) is 32.1 Å². The highest BCUT2D eigenvalue weighted by Gasteiger charge is 2.43. The van der Waals surface area contributed by atoms with Crippen LogP contribution in [0.1, 0.15) is 25.5 Å². The normalized spacial score (nSPS) is 20.7. The molecule has 1 spiro atoms. The Balaban J connectivity index is 1.73. The summed E-state index contributed by atoms with van der Waals surface area (Å²) in [4.78, 5) is 14.3. The summed E-state index contributed by atoms with van der Waals surface area (Å²) in [6.07, 6.45) is 12.7. The zero-order valence-corrected chi connectivity index (χ0v) is 17.9. The molecule has 3 heterocycles. The first-order valence-corrected chi connectivity index (χ1v) is 10.3. The maximum Gasteiger partial charge on any atom is 0.410 e. The summed E-state index contributed by atoms with van der Waals surface area (Å²) in [6.45, 7) is 11.4. The molecule has 2 aliphatic heterocycles. The number of fused-ring (bicyclic) bond motifs is 2. The second-order valence-electron chi connectivity index (χ2n) is 7.44. The number of amides is 1. The topological polar surface area (TPSA) is 55.7 Å². The molecule has 1 N–H and O–H groups in total. The molecule has 0 bridgehead atoms. The molecule has 1 amide bonds. The van der Waals surface area contributed by atoms with Gasteiger partial charge >= 0.3 is 6.09 Å². The van der Waals surface area contributed by atoms with E-state index >= 15 is 0 Å². The first-order chi connectivity index (χ1) is 14.6. The van der Waals surface area contributed by atoms with E-state index in [0.29, 0.717) is 19.7 Å². The third-order valence-corrected chi connectivity index (χ3v) is 5.71. The third-order valence-electron chi connectivity index (χ3n) is 5.71. The minimum absolute atomic E-state index is 0.200. The van der Waals surface area contributed by atoms with Gasteiger partial charge in [-0.1, -0.05) is 37.5 Å². The van der Waals surface area contributed by atoms with E-state index in [-0.39, 0.29) is 18.2 Å². The summed E-state index contributed by atoms with van der Waals surface area (Å²) in [5.41, 5.74) is 4.00. The monoisotopic (exact) mass is 409 g/mol. The highest BCUT2D eigenvalue weighted by Crippen LogP contribution is 2.40. The molecule has 2 aliphatic rings. The summed E-state index contributed by atoms with van der Waals surface area (Å²) in [5.74, 6) is 0. The van der Waals surface area contributed by atoms with Gasteiger partial charge in [0.05, 0.1) is 23.5 Å². The molecule has 1 aromatic heterocycles. The molecule has 0 atom stereocenters. The standard InChI is InChI=1S/C24H31N3O3/c1-5-9-19(6-2)18-30-23(28)26-15-12-24(13-16-26)22-10-8-14-27(22)21(7-3)20(25-24)11-17-29-4/h5-11,14,25H,1-2,12-13,15-18H2,3-4H3/b19-9+,20-11+,21-7+. The molecule has 6 nitrogen and oxygen atoms in total. The van der Waals surface area contributed by atoms with Gasteiger partial charge in [0.15, 0.2) is 0 Å². The fourth-order valence-electron chi connectivity index (χ4n) is 4.13. The molecule has 160 valence electrons. The second-order valence-corrected chi connectivity index (χ2v) is 7.44. The summed E-state index contributed by atoms with van der Waals surface area (Å²) in [6, 6.07) is 4.24. The number of methoxy groups -OCH3 is 1. The number of ether oxygens (including phenoxy) is 2.